The molecule has 25 heavy (non-hydrogen) atoms. The summed E-state index contributed by atoms with van der Waals surface area (Å²) in [5.74, 6) is 0.439. The predicted molar refractivity (Wildman–Crippen MR) is 91.3 cm³/mol. The first-order chi connectivity index (χ1) is 11.7. The molecule has 2 fully saturated rings. The molecule has 2 heterocycles. The van der Waals surface area contributed by atoms with Crippen LogP contribution < -0.4 is 5.43 Å². The molecule has 1 aliphatic carbocycles. The van der Waals surface area contributed by atoms with Crippen LogP contribution in [-0.4, -0.2) is 42.6 Å². The van der Waals surface area contributed by atoms with E-state index >= 15 is 0 Å². The monoisotopic (exact) mass is 348 g/mol. The Kier molecular flexibility index (Phi) is 4.55. The van der Waals surface area contributed by atoms with Gasteiger partial charge >= 0.3 is 0 Å². The molecule has 1 aliphatic heterocycles. The highest BCUT2D eigenvalue weighted by Crippen LogP contribution is 2.39. The fraction of sp³-hybridized carbons (Fsp3) is 0.824. The molecule has 0 radical (unpaired) electrons. The van der Waals surface area contributed by atoms with Crippen molar-refractivity contribution in [2.45, 2.75) is 89.6 Å². The SMILES string of the molecule is CC(C(=O)N1NC(=O)CC12CCCCCC2)n1nnnc1C(C)(C)C. The summed E-state index contributed by atoms with van der Waals surface area (Å²) in [6.07, 6.45) is 6.55. The third kappa shape index (κ3) is 3.26. The van der Waals surface area contributed by atoms with Crippen molar-refractivity contribution in [2.24, 2.45) is 0 Å². The number of carbonyl (C=O) groups excluding carboxylic acids is 2. The molecule has 1 aromatic heterocycles. The molecule has 8 nitrogen and oxygen atoms in total. The van der Waals surface area contributed by atoms with E-state index in [1.165, 1.54) is 0 Å². The summed E-state index contributed by atoms with van der Waals surface area (Å²) in [6.45, 7) is 7.83. The Labute approximate surface area is 148 Å². The Hall–Kier alpha value is -1.99. The fourth-order valence-electron chi connectivity index (χ4n) is 3.98. The number of aromatic nitrogens is 4. The van der Waals surface area contributed by atoms with Gasteiger partial charge in [0.2, 0.25) is 5.91 Å². The average Bonchev–Trinajstić information content (AvgIpc) is 3.07. The van der Waals surface area contributed by atoms with Gasteiger partial charge in [-0.1, -0.05) is 46.5 Å². The van der Waals surface area contributed by atoms with E-state index in [1.54, 1.807) is 16.6 Å². The number of hydrazine groups is 1. The van der Waals surface area contributed by atoms with Gasteiger partial charge < -0.3 is 0 Å². The first-order valence-electron chi connectivity index (χ1n) is 9.16. The molecule has 1 saturated heterocycles. The highest BCUT2D eigenvalue weighted by atomic mass is 16.2. The second-order valence-corrected chi connectivity index (χ2v) is 8.40. The van der Waals surface area contributed by atoms with E-state index in [2.05, 4.69) is 21.0 Å². The zero-order chi connectivity index (χ0) is 18.2. The smallest absolute Gasteiger partial charge is 0.266 e. The molecular weight excluding hydrogens is 320 g/mol. The van der Waals surface area contributed by atoms with Gasteiger partial charge in [-0.3, -0.25) is 15.0 Å². The fourth-order valence-corrected chi connectivity index (χ4v) is 3.98. The number of hydrogen-bond donors (Lipinski definition) is 1. The maximum absolute atomic E-state index is 13.2. The van der Waals surface area contributed by atoms with E-state index in [-0.39, 0.29) is 17.2 Å². The summed E-state index contributed by atoms with van der Waals surface area (Å²) in [6, 6.07) is -0.567. The normalized spacial score (nSPS) is 21.9. The van der Waals surface area contributed by atoms with Gasteiger partial charge in [-0.2, -0.15) is 0 Å². The highest BCUT2D eigenvalue weighted by molar-refractivity contribution is 5.89. The molecule has 3 rings (SSSR count). The molecule has 1 spiro atoms. The van der Waals surface area contributed by atoms with Gasteiger partial charge in [0.15, 0.2) is 5.82 Å². The van der Waals surface area contributed by atoms with Crippen molar-refractivity contribution in [1.29, 1.82) is 0 Å². The minimum absolute atomic E-state index is 0.0739. The van der Waals surface area contributed by atoms with Crippen molar-refractivity contribution in [3.63, 3.8) is 0 Å². The van der Waals surface area contributed by atoms with Crippen LogP contribution in [0.3, 0.4) is 0 Å². The minimum atomic E-state index is -0.567. The van der Waals surface area contributed by atoms with Crippen LogP contribution in [0.25, 0.3) is 0 Å². The van der Waals surface area contributed by atoms with Crippen LogP contribution >= 0.6 is 0 Å². The van der Waals surface area contributed by atoms with Gasteiger partial charge in [-0.15, -0.1) is 5.10 Å². The molecule has 8 heteroatoms. The zero-order valence-electron chi connectivity index (χ0n) is 15.6. The summed E-state index contributed by atoms with van der Waals surface area (Å²) in [4.78, 5) is 25.4. The largest absolute Gasteiger partial charge is 0.273 e. The number of amides is 2. The summed E-state index contributed by atoms with van der Waals surface area (Å²) in [5.41, 5.74) is 2.14. The molecule has 2 aliphatic rings. The second-order valence-electron chi connectivity index (χ2n) is 8.40. The van der Waals surface area contributed by atoms with Crippen LogP contribution in [0.1, 0.15) is 84.5 Å². The van der Waals surface area contributed by atoms with Gasteiger partial charge in [0.25, 0.3) is 5.91 Å². The van der Waals surface area contributed by atoms with Crippen molar-refractivity contribution in [3.8, 4) is 0 Å². The van der Waals surface area contributed by atoms with E-state index in [0.29, 0.717) is 12.2 Å². The molecule has 1 atom stereocenters. The first kappa shape index (κ1) is 17.8. The summed E-state index contributed by atoms with van der Waals surface area (Å²) in [7, 11) is 0. The maximum atomic E-state index is 13.2. The zero-order valence-corrected chi connectivity index (χ0v) is 15.6. The van der Waals surface area contributed by atoms with Crippen molar-refractivity contribution in [1.82, 2.24) is 30.6 Å². The maximum Gasteiger partial charge on any atom is 0.266 e. The van der Waals surface area contributed by atoms with Gasteiger partial charge in [0, 0.05) is 5.41 Å². The standard InChI is InChI=1S/C17H28N6O2/c1-12(22-15(16(2,3)4)18-20-21-22)14(25)23-17(11-13(24)19-23)9-7-5-6-8-10-17/h12H,5-11H2,1-4H3,(H,19,24). The van der Waals surface area contributed by atoms with Crippen LogP contribution in [-0.2, 0) is 15.0 Å². The molecule has 1 aromatic rings. The number of rotatable bonds is 2. The molecule has 0 aromatic carbocycles. The summed E-state index contributed by atoms with van der Waals surface area (Å²) < 4.78 is 1.58. The van der Waals surface area contributed by atoms with Gasteiger partial charge in [-0.25, -0.2) is 9.69 Å². The molecular formula is C17H28N6O2. The Bertz CT molecular complexity index is 654. The summed E-state index contributed by atoms with van der Waals surface area (Å²) >= 11 is 0. The lowest BCUT2D eigenvalue weighted by Gasteiger charge is -2.37. The molecule has 138 valence electrons. The molecule has 1 N–H and O–H groups in total. The number of tetrazole rings is 1. The molecule has 1 unspecified atom stereocenters. The van der Waals surface area contributed by atoms with Gasteiger partial charge in [0.05, 0.1) is 12.0 Å². The van der Waals surface area contributed by atoms with Crippen LogP contribution in [0.4, 0.5) is 0 Å². The topological polar surface area (TPSA) is 93.0 Å². The van der Waals surface area contributed by atoms with E-state index in [9.17, 15) is 9.59 Å². The van der Waals surface area contributed by atoms with Gasteiger partial charge in [0.1, 0.15) is 6.04 Å². The van der Waals surface area contributed by atoms with E-state index in [4.69, 9.17) is 0 Å². The lowest BCUT2D eigenvalue weighted by Crippen LogP contribution is -2.54. The minimum Gasteiger partial charge on any atom is -0.273 e. The van der Waals surface area contributed by atoms with Crippen LogP contribution in [0.5, 0.6) is 0 Å². The highest BCUT2D eigenvalue weighted by Gasteiger charge is 2.49. The Morgan fingerprint density at radius 1 is 1.20 bits per heavy atom. The van der Waals surface area contributed by atoms with Crippen molar-refractivity contribution in [2.75, 3.05) is 0 Å². The quantitative estimate of drug-likeness (QED) is 0.881. The third-order valence-corrected chi connectivity index (χ3v) is 5.34. The Balaban J connectivity index is 1.88. The van der Waals surface area contributed by atoms with Crippen molar-refractivity contribution < 1.29 is 9.59 Å². The number of nitrogens with one attached hydrogen (secondary N) is 1. The predicted octanol–water partition coefficient (Wildman–Crippen LogP) is 1.89. The van der Waals surface area contributed by atoms with E-state index < -0.39 is 11.6 Å². The first-order valence-corrected chi connectivity index (χ1v) is 9.16. The molecule has 2 amide bonds. The number of nitrogens with zero attached hydrogens (tertiary/aromatic N) is 5. The lowest BCUT2D eigenvalue weighted by atomic mass is 9.87. The van der Waals surface area contributed by atoms with Gasteiger partial charge in [-0.05, 0) is 30.2 Å². The third-order valence-electron chi connectivity index (χ3n) is 5.34. The lowest BCUT2D eigenvalue weighted by molar-refractivity contribution is -0.145. The summed E-state index contributed by atoms with van der Waals surface area (Å²) in [5, 5.41) is 13.5. The molecule has 1 saturated carbocycles. The molecule has 0 bridgehead atoms. The average molecular weight is 348 g/mol. The number of hydrogen-bond acceptors (Lipinski definition) is 5. The van der Waals surface area contributed by atoms with Crippen LogP contribution in [0.2, 0.25) is 0 Å². The number of carbonyl (C=O) groups is 2. The van der Waals surface area contributed by atoms with Crippen molar-refractivity contribution >= 4 is 11.8 Å². The van der Waals surface area contributed by atoms with Crippen molar-refractivity contribution in [3.05, 3.63) is 5.82 Å². The van der Waals surface area contributed by atoms with Crippen LogP contribution in [0.15, 0.2) is 0 Å². The van der Waals surface area contributed by atoms with E-state index in [1.807, 2.05) is 20.8 Å². The second kappa shape index (κ2) is 6.38. The van der Waals surface area contributed by atoms with E-state index in [0.717, 1.165) is 38.5 Å². The Morgan fingerprint density at radius 3 is 2.44 bits per heavy atom. The Morgan fingerprint density at radius 2 is 1.84 bits per heavy atom. The van der Waals surface area contributed by atoms with Crippen LogP contribution in [0, 0.1) is 0 Å².